The van der Waals surface area contributed by atoms with Crippen molar-refractivity contribution < 1.29 is 90.9 Å². The maximum absolute atomic E-state index is 7.62. The molecule has 1 aromatic carbocycles. The third kappa shape index (κ3) is 4.90. The Morgan fingerprint density at radius 1 is 0.423 bits per heavy atom. The molecule has 0 unspecified atom stereocenters. The summed E-state index contributed by atoms with van der Waals surface area (Å²) in [7, 11) is 0. The lowest BCUT2D eigenvalue weighted by molar-refractivity contribution is -0.700. The van der Waals surface area contributed by atoms with Crippen molar-refractivity contribution in [1.82, 2.24) is 0 Å². The van der Waals surface area contributed by atoms with E-state index >= 15 is 0 Å². The summed E-state index contributed by atoms with van der Waals surface area (Å²) in [6.07, 6.45) is 21.9. The molecule has 5 nitrogen and oxygen atoms in total. The van der Waals surface area contributed by atoms with Crippen molar-refractivity contribution in [3.63, 3.8) is 0 Å². The summed E-state index contributed by atoms with van der Waals surface area (Å²) < 4.78 is 17.0. The van der Waals surface area contributed by atoms with Gasteiger partial charge in [-0.3, -0.25) is 0 Å². The number of aromatic nitrogens is 4. The van der Waals surface area contributed by atoms with E-state index in [4.69, 9.17) is 4.74 Å². The maximum Gasteiger partial charge on any atom is 0.173 e. The van der Waals surface area contributed by atoms with Gasteiger partial charge in [-0.2, -0.15) is 0 Å². The second kappa shape index (κ2) is 13.2. The highest BCUT2D eigenvalue weighted by Gasteiger charge is 2.96. The molecule has 10 atom stereocenters. The average Bonchev–Trinajstić information content (AvgIpc) is 3.82. The van der Waals surface area contributed by atoms with E-state index in [1.807, 2.05) is 0 Å². The van der Waals surface area contributed by atoms with E-state index in [0.717, 1.165) is 73.5 Å². The molecule has 0 amide bonds. The van der Waals surface area contributed by atoms with Gasteiger partial charge < -0.3 is 72.7 Å². The van der Waals surface area contributed by atoms with E-state index in [9.17, 15) is 0 Å². The molecule has 2 spiro atoms. The van der Waals surface area contributed by atoms with Crippen LogP contribution in [0.1, 0.15) is 30.4 Å². The summed E-state index contributed by atoms with van der Waals surface area (Å²) in [5, 5.41) is 0. The Hall–Kier alpha value is -2.30. The first-order valence-electron chi connectivity index (χ1n) is 18.4. The van der Waals surface area contributed by atoms with E-state index in [1.165, 1.54) is 52.6 Å². The predicted octanol–water partition coefficient (Wildman–Crippen LogP) is -7.03. The predicted molar refractivity (Wildman–Crippen MR) is 177 cm³/mol. The van der Waals surface area contributed by atoms with E-state index in [-0.39, 0.29) is 79.1 Å². The molecule has 0 radical (unpaired) electrons. The lowest BCUT2D eigenvalue weighted by Crippen LogP contribution is -3.00. The number of benzene rings is 1. The third-order valence-electron chi connectivity index (χ3n) is 14.6. The molecule has 20 heterocycles. The molecule has 5 aromatic rings. The zero-order valence-corrected chi connectivity index (χ0v) is 35.2. The van der Waals surface area contributed by atoms with Gasteiger partial charge in [-0.25, -0.2) is 18.3 Å². The van der Waals surface area contributed by atoms with Gasteiger partial charge in [-0.1, -0.05) is 24.3 Å². The summed E-state index contributed by atoms with van der Waals surface area (Å²) >= 11 is 0. The molecule has 52 heavy (non-hydrogen) atoms. The number of rotatable bonds is 0. The molecule has 7 fully saturated rings. The van der Waals surface area contributed by atoms with E-state index in [0.29, 0.717) is 0 Å². The first-order valence-corrected chi connectivity index (χ1v) is 18.4. The van der Waals surface area contributed by atoms with Crippen LogP contribution in [0.15, 0.2) is 122 Å². The Morgan fingerprint density at radius 2 is 0.750 bits per heavy atom. The van der Waals surface area contributed by atoms with Crippen LogP contribution in [0, 0.1) is 47.3 Å². The highest BCUT2D eigenvalue weighted by molar-refractivity contribution is 5.61. The van der Waals surface area contributed by atoms with Gasteiger partial charge in [-0.15, -0.1) is 0 Å². The number of aryl methyl sites for hydroxylation is 2. The van der Waals surface area contributed by atoms with Gasteiger partial charge in [0.2, 0.25) is 0 Å². The molecule has 16 aliphatic heterocycles. The molecular formula is C43H42Br4N4O. The maximum atomic E-state index is 7.62. The van der Waals surface area contributed by atoms with Crippen molar-refractivity contribution >= 4 is 0 Å². The number of nitrogens with zero attached hydrogens (tertiary/aromatic N) is 4. The number of pyridine rings is 4. The van der Waals surface area contributed by atoms with Crippen LogP contribution in [0.3, 0.4) is 0 Å². The minimum atomic E-state index is 0. The van der Waals surface area contributed by atoms with E-state index in [2.05, 4.69) is 141 Å². The number of ether oxygens (including phenoxy) is 1. The van der Waals surface area contributed by atoms with Crippen molar-refractivity contribution in [3.8, 4) is 22.3 Å². The normalized spacial score (nSPS) is 34.2. The monoisotopic (exact) mass is 946 g/mol. The molecule has 2 saturated heterocycles. The SMILES string of the molecule is [Br-].[Br-].[Br-].[Br-].c1cc2ccc1C[n+]1ccc(cc1)-c1cc[n+](cc1)CC[C@]13O[C@]4(CC[n+]5ccc(cc5)-c5cc[n+](cc5)C2)[C@@H]2[C@@H]5C[C@H]([C@H]6[C@H]5[C@H]4[C@@H]61)[C@@H]23. The van der Waals surface area contributed by atoms with Gasteiger partial charge >= 0.3 is 0 Å². The zero-order valence-electron chi connectivity index (χ0n) is 28.8. The third-order valence-corrected chi connectivity index (χ3v) is 14.6. The number of hydrogen-bond acceptors (Lipinski definition) is 1. The van der Waals surface area contributed by atoms with Gasteiger partial charge in [0, 0.05) is 72.5 Å². The Bertz CT molecular complexity index is 1940. The van der Waals surface area contributed by atoms with Crippen molar-refractivity contribution in [1.29, 1.82) is 0 Å². The van der Waals surface area contributed by atoms with Crippen LogP contribution in [0.2, 0.25) is 0 Å². The fourth-order valence-electron chi connectivity index (χ4n) is 13.2. The molecule has 5 saturated carbocycles. The molecule has 9 heteroatoms. The van der Waals surface area contributed by atoms with Gasteiger partial charge in [0.25, 0.3) is 0 Å². The summed E-state index contributed by atoms with van der Waals surface area (Å²) in [5.41, 5.74) is 7.98. The van der Waals surface area contributed by atoms with Crippen LogP contribution >= 0.6 is 0 Å². The Kier molecular flexibility index (Phi) is 9.29. The van der Waals surface area contributed by atoms with Crippen LogP contribution < -0.4 is 86.2 Å². The highest BCUT2D eigenvalue weighted by atomic mass is 79.9. The Morgan fingerprint density at radius 3 is 1.10 bits per heavy atom. The molecule has 4 aromatic heterocycles. The lowest BCUT2D eigenvalue weighted by Gasteiger charge is -2.47. The molecule has 5 aliphatic carbocycles. The van der Waals surface area contributed by atoms with Gasteiger partial charge in [0.1, 0.15) is 0 Å². The van der Waals surface area contributed by atoms with Crippen molar-refractivity contribution in [2.75, 3.05) is 0 Å². The van der Waals surface area contributed by atoms with Crippen LogP contribution in [0.25, 0.3) is 22.3 Å². The van der Waals surface area contributed by atoms with E-state index < -0.39 is 0 Å². The Balaban J connectivity index is 0.000000967. The standard InChI is InChI=1S/C43H42N4O.4BrH/c1-2-29-4-3-28(1)26-46-19-9-32(10-20-46)30-5-15-44(16-6-30)23-13-42-38-34-25-35-37-36(34)40(42)41(37)43(48-42,39(35)38)14-24-45-17-7-31(8-18-45)33-11-21-47(27-29)22-12-33;;;;/h1-12,15-22,34-41H,13-14,23-27H2;4*1H/q+4;;;;/p-4/t34-,35-,36+,37+,38-,39+,40+,41-,42-,43-;;;;/m1..../s1. The largest absolute Gasteiger partial charge is 1.00 e. The lowest BCUT2D eigenvalue weighted by atomic mass is 9.54. The van der Waals surface area contributed by atoms with Gasteiger partial charge in [-0.05, 0) is 76.0 Å². The van der Waals surface area contributed by atoms with E-state index in [1.54, 1.807) is 0 Å². The first kappa shape index (κ1) is 36.7. The summed E-state index contributed by atoms with van der Waals surface area (Å²) in [5.74, 6) is 7.13. The summed E-state index contributed by atoms with van der Waals surface area (Å²) in [6, 6.07) is 27.3. The van der Waals surface area contributed by atoms with Crippen LogP contribution in [0.5, 0.6) is 0 Å². The van der Waals surface area contributed by atoms with Crippen LogP contribution in [-0.4, -0.2) is 11.2 Å². The molecule has 21 aliphatic rings. The second-order valence-electron chi connectivity index (χ2n) is 16.3. The first-order chi connectivity index (χ1) is 23.7. The van der Waals surface area contributed by atoms with Crippen LogP contribution in [0.4, 0.5) is 0 Å². The quantitative estimate of drug-likeness (QED) is 0.142. The molecular weight excluding hydrogens is 908 g/mol. The van der Waals surface area contributed by atoms with Gasteiger partial charge in [0.05, 0.1) is 11.2 Å². The number of hydrogen-bond donors (Lipinski definition) is 0. The fourth-order valence-corrected chi connectivity index (χ4v) is 13.2. The second-order valence-corrected chi connectivity index (χ2v) is 16.3. The highest BCUT2D eigenvalue weighted by Crippen LogP contribution is 2.93. The van der Waals surface area contributed by atoms with Crippen molar-refractivity contribution in [2.45, 2.75) is 56.6 Å². The topological polar surface area (TPSA) is 24.8 Å². The van der Waals surface area contributed by atoms with Crippen LogP contribution in [-0.2, 0) is 30.9 Å². The number of halogens is 4. The zero-order chi connectivity index (χ0) is 31.2. The smallest absolute Gasteiger partial charge is 0.173 e. The summed E-state index contributed by atoms with van der Waals surface area (Å²) in [6.45, 7) is 3.85. The average molecular weight is 950 g/mol. The summed E-state index contributed by atoms with van der Waals surface area (Å²) in [4.78, 5) is 0. The van der Waals surface area contributed by atoms with Crippen molar-refractivity contribution in [2.24, 2.45) is 47.3 Å². The minimum Gasteiger partial charge on any atom is -1.00 e. The molecule has 14 bridgehead atoms. The van der Waals surface area contributed by atoms with Crippen molar-refractivity contribution in [3.05, 3.63) is 133 Å². The fraction of sp³-hybridized carbons (Fsp3) is 0.395. The molecule has 0 N–H and O–H groups in total. The molecule has 268 valence electrons. The molecule has 26 rings (SSSR count). The minimum absolute atomic E-state index is 0. The van der Waals surface area contributed by atoms with Gasteiger partial charge in [0.15, 0.2) is 75.8 Å². The Labute approximate surface area is 348 Å².